The number of benzene rings is 1. The van der Waals surface area contributed by atoms with Gasteiger partial charge in [0, 0.05) is 5.57 Å². The Balaban J connectivity index is 2.23. The highest BCUT2D eigenvalue weighted by atomic mass is 16.1. The van der Waals surface area contributed by atoms with Crippen LogP contribution in [0.15, 0.2) is 47.3 Å². The second-order valence-electron chi connectivity index (χ2n) is 4.07. The average Bonchev–Trinajstić information content (AvgIpc) is 2.39. The third kappa shape index (κ3) is 1.80. The van der Waals surface area contributed by atoms with E-state index in [1.807, 2.05) is 30.3 Å². The molecule has 0 amide bonds. The minimum absolute atomic E-state index is 0.124. The largest absolute Gasteiger partial charge is 0.319 e. The number of H-pyrrole nitrogens is 1. The van der Waals surface area contributed by atoms with Gasteiger partial charge in [-0.05, 0) is 25.0 Å². The fourth-order valence-corrected chi connectivity index (χ4v) is 2.01. The molecule has 0 unspecified atom stereocenters. The Morgan fingerprint density at radius 2 is 2.06 bits per heavy atom. The van der Waals surface area contributed by atoms with Crippen molar-refractivity contribution in [3.63, 3.8) is 0 Å². The van der Waals surface area contributed by atoms with Crippen molar-refractivity contribution in [3.05, 3.63) is 58.5 Å². The summed E-state index contributed by atoms with van der Waals surface area (Å²) in [7, 11) is 0. The lowest BCUT2D eigenvalue weighted by atomic mass is 10.0. The second-order valence-corrected chi connectivity index (χ2v) is 4.07. The van der Waals surface area contributed by atoms with Crippen LogP contribution in [0.3, 0.4) is 0 Å². The molecule has 1 aromatic heterocycles. The number of allylic oxidation sites excluding steroid dienone is 4. The number of aromatic nitrogens is 2. The molecule has 1 aromatic carbocycles. The molecule has 1 N–H and O–H groups in total. The van der Waals surface area contributed by atoms with E-state index in [1.165, 1.54) is 0 Å². The van der Waals surface area contributed by atoms with Gasteiger partial charge in [-0.3, -0.25) is 4.79 Å². The molecule has 3 heteroatoms. The second kappa shape index (κ2) is 4.01. The highest BCUT2D eigenvalue weighted by Gasteiger charge is 2.09. The summed E-state index contributed by atoms with van der Waals surface area (Å²) in [5.74, 6) is 0. The van der Waals surface area contributed by atoms with Gasteiger partial charge in [-0.2, -0.15) is 0 Å². The van der Waals surface area contributed by atoms with Gasteiger partial charge in [0.25, 0.3) is 5.56 Å². The SMILES string of the molecule is O=c1[nH]c2ccccc2nc1C1=CCCC=C1. The van der Waals surface area contributed by atoms with Crippen LogP contribution in [0.25, 0.3) is 16.6 Å². The number of fused-ring (bicyclic) bond motifs is 1. The van der Waals surface area contributed by atoms with Crippen molar-refractivity contribution >= 4 is 16.6 Å². The van der Waals surface area contributed by atoms with Gasteiger partial charge in [-0.25, -0.2) is 4.98 Å². The quantitative estimate of drug-likeness (QED) is 0.809. The zero-order chi connectivity index (χ0) is 11.7. The molecule has 0 radical (unpaired) electrons. The fraction of sp³-hybridized carbons (Fsp3) is 0.143. The number of para-hydroxylation sites is 2. The van der Waals surface area contributed by atoms with Crippen molar-refractivity contribution in [1.82, 2.24) is 9.97 Å². The van der Waals surface area contributed by atoms with Crippen LogP contribution in [0.2, 0.25) is 0 Å². The first-order valence-electron chi connectivity index (χ1n) is 5.71. The Hall–Kier alpha value is -2.16. The molecule has 0 saturated carbocycles. The van der Waals surface area contributed by atoms with Gasteiger partial charge in [-0.1, -0.05) is 30.4 Å². The van der Waals surface area contributed by atoms with Crippen LogP contribution in [0.4, 0.5) is 0 Å². The molecule has 3 nitrogen and oxygen atoms in total. The number of nitrogens with zero attached hydrogens (tertiary/aromatic N) is 1. The molecular formula is C14H12N2O. The van der Waals surface area contributed by atoms with Crippen LogP contribution in [0.1, 0.15) is 18.5 Å². The zero-order valence-electron chi connectivity index (χ0n) is 9.31. The van der Waals surface area contributed by atoms with Gasteiger partial charge in [0.2, 0.25) is 0 Å². The lowest BCUT2D eigenvalue weighted by molar-refractivity contribution is 1.03. The van der Waals surface area contributed by atoms with Crippen LogP contribution in [-0.4, -0.2) is 9.97 Å². The Kier molecular flexibility index (Phi) is 2.37. The van der Waals surface area contributed by atoms with Crippen molar-refractivity contribution in [3.8, 4) is 0 Å². The van der Waals surface area contributed by atoms with E-state index in [2.05, 4.69) is 22.1 Å². The van der Waals surface area contributed by atoms with Crippen LogP contribution >= 0.6 is 0 Å². The summed E-state index contributed by atoms with van der Waals surface area (Å²) in [6, 6.07) is 7.57. The average molecular weight is 224 g/mol. The maximum atomic E-state index is 11.9. The lowest BCUT2D eigenvalue weighted by Crippen LogP contribution is -2.14. The van der Waals surface area contributed by atoms with E-state index in [1.54, 1.807) is 0 Å². The van der Waals surface area contributed by atoms with E-state index < -0.39 is 0 Å². The molecular weight excluding hydrogens is 212 g/mol. The molecule has 0 aliphatic heterocycles. The molecule has 1 heterocycles. The van der Waals surface area contributed by atoms with Gasteiger partial charge in [0.1, 0.15) is 5.69 Å². The van der Waals surface area contributed by atoms with E-state index in [0.29, 0.717) is 5.69 Å². The first-order chi connectivity index (χ1) is 8.34. The fourth-order valence-electron chi connectivity index (χ4n) is 2.01. The van der Waals surface area contributed by atoms with E-state index in [9.17, 15) is 4.79 Å². The van der Waals surface area contributed by atoms with Crippen LogP contribution in [-0.2, 0) is 0 Å². The van der Waals surface area contributed by atoms with E-state index >= 15 is 0 Å². The zero-order valence-corrected chi connectivity index (χ0v) is 9.31. The van der Waals surface area contributed by atoms with E-state index in [4.69, 9.17) is 0 Å². The molecule has 0 spiro atoms. The van der Waals surface area contributed by atoms with E-state index in [0.717, 1.165) is 29.4 Å². The number of aromatic amines is 1. The third-order valence-electron chi connectivity index (χ3n) is 2.87. The predicted octanol–water partition coefficient (Wildman–Crippen LogP) is 2.66. The predicted molar refractivity (Wildman–Crippen MR) is 68.7 cm³/mol. The monoisotopic (exact) mass is 224 g/mol. The molecule has 0 fully saturated rings. The van der Waals surface area contributed by atoms with Crippen molar-refractivity contribution in [1.29, 1.82) is 0 Å². The summed E-state index contributed by atoms with van der Waals surface area (Å²) in [4.78, 5) is 19.2. The highest BCUT2D eigenvalue weighted by Crippen LogP contribution is 2.18. The Bertz CT molecular complexity index is 680. The molecule has 0 atom stereocenters. The normalized spacial score (nSPS) is 14.9. The Morgan fingerprint density at radius 3 is 2.88 bits per heavy atom. The summed E-state index contributed by atoms with van der Waals surface area (Å²) in [6.45, 7) is 0. The van der Waals surface area contributed by atoms with Crippen molar-refractivity contribution < 1.29 is 0 Å². The standard InChI is InChI=1S/C14H12N2O/c17-14-13(10-6-2-1-3-7-10)15-11-8-4-5-9-12(11)16-14/h2,4-9H,1,3H2,(H,16,17). The summed E-state index contributed by atoms with van der Waals surface area (Å²) < 4.78 is 0. The van der Waals surface area contributed by atoms with Crippen LogP contribution in [0, 0.1) is 0 Å². The summed E-state index contributed by atoms with van der Waals surface area (Å²) in [6.07, 6.45) is 8.11. The Labute approximate surface area is 98.5 Å². The molecule has 1 aliphatic rings. The minimum Gasteiger partial charge on any atom is -0.319 e. The maximum absolute atomic E-state index is 11.9. The van der Waals surface area contributed by atoms with Gasteiger partial charge in [0.05, 0.1) is 11.0 Å². The van der Waals surface area contributed by atoms with Gasteiger partial charge < -0.3 is 4.98 Å². The molecule has 1 aliphatic carbocycles. The minimum atomic E-state index is -0.124. The maximum Gasteiger partial charge on any atom is 0.274 e. The first kappa shape index (κ1) is 10.0. The molecule has 17 heavy (non-hydrogen) atoms. The topological polar surface area (TPSA) is 45.8 Å². The molecule has 84 valence electrons. The number of hydrogen-bond donors (Lipinski definition) is 1. The number of rotatable bonds is 1. The van der Waals surface area contributed by atoms with Gasteiger partial charge in [-0.15, -0.1) is 0 Å². The van der Waals surface area contributed by atoms with Crippen molar-refractivity contribution in [2.75, 3.05) is 0 Å². The van der Waals surface area contributed by atoms with Gasteiger partial charge in [0.15, 0.2) is 0 Å². The first-order valence-corrected chi connectivity index (χ1v) is 5.71. The summed E-state index contributed by atoms with van der Waals surface area (Å²) >= 11 is 0. The number of hydrogen-bond acceptors (Lipinski definition) is 2. The van der Waals surface area contributed by atoms with E-state index in [-0.39, 0.29) is 5.56 Å². The van der Waals surface area contributed by atoms with Crippen LogP contribution in [0.5, 0.6) is 0 Å². The Morgan fingerprint density at radius 1 is 1.18 bits per heavy atom. The highest BCUT2D eigenvalue weighted by molar-refractivity contribution is 5.79. The van der Waals surface area contributed by atoms with Crippen molar-refractivity contribution in [2.24, 2.45) is 0 Å². The summed E-state index contributed by atoms with van der Waals surface area (Å²) in [5.41, 5.74) is 2.91. The lowest BCUT2D eigenvalue weighted by Gasteiger charge is -2.06. The molecule has 0 saturated heterocycles. The molecule has 2 aromatic rings. The number of nitrogens with one attached hydrogen (secondary N) is 1. The molecule has 3 rings (SSSR count). The van der Waals surface area contributed by atoms with Crippen LogP contribution < -0.4 is 5.56 Å². The summed E-state index contributed by atoms with van der Waals surface area (Å²) in [5, 5.41) is 0. The smallest absolute Gasteiger partial charge is 0.274 e. The molecule has 0 bridgehead atoms. The van der Waals surface area contributed by atoms with Gasteiger partial charge >= 0.3 is 0 Å². The third-order valence-corrected chi connectivity index (χ3v) is 2.87. The van der Waals surface area contributed by atoms with Crippen molar-refractivity contribution in [2.45, 2.75) is 12.8 Å².